The van der Waals surface area contributed by atoms with E-state index in [1.165, 1.54) is 4.31 Å². The van der Waals surface area contributed by atoms with Crippen molar-refractivity contribution >= 4 is 21.4 Å². The summed E-state index contributed by atoms with van der Waals surface area (Å²) in [4.78, 5) is 12.1. The highest BCUT2D eigenvalue weighted by molar-refractivity contribution is 7.88. The molecule has 1 heterocycles. The zero-order chi connectivity index (χ0) is 15.6. The second-order valence-corrected chi connectivity index (χ2v) is 6.88. The molecule has 1 aromatic carbocycles. The minimum atomic E-state index is -3.29. The molecule has 0 bridgehead atoms. The van der Waals surface area contributed by atoms with Crippen LogP contribution in [0, 0.1) is 15.9 Å². The smallest absolute Gasteiger partial charge is 0.292 e. The lowest BCUT2D eigenvalue weighted by atomic mass is 10.2. The Morgan fingerprint density at radius 2 is 1.95 bits per heavy atom. The average Bonchev–Trinajstić information content (AvgIpc) is 2.63. The van der Waals surface area contributed by atoms with Crippen molar-refractivity contribution in [3.63, 3.8) is 0 Å². The van der Waals surface area contributed by atoms with Crippen molar-refractivity contribution in [3.8, 4) is 0 Å². The Kier molecular flexibility index (Phi) is 4.43. The third kappa shape index (κ3) is 3.67. The number of nitro benzene ring substituents is 1. The van der Waals surface area contributed by atoms with Gasteiger partial charge in [0.05, 0.1) is 11.2 Å². The molecule has 2 rings (SSSR count). The van der Waals surface area contributed by atoms with Gasteiger partial charge in [0, 0.05) is 38.3 Å². The summed E-state index contributed by atoms with van der Waals surface area (Å²) in [5.74, 6) is -0.556. The molecule has 1 saturated heterocycles. The third-order valence-electron chi connectivity index (χ3n) is 3.40. The van der Waals surface area contributed by atoms with E-state index in [4.69, 9.17) is 0 Å². The van der Waals surface area contributed by atoms with Crippen molar-refractivity contribution in [2.75, 3.05) is 37.3 Å². The first-order valence-electron chi connectivity index (χ1n) is 6.43. The Labute approximate surface area is 122 Å². The van der Waals surface area contributed by atoms with E-state index in [1.807, 2.05) is 0 Å². The maximum absolute atomic E-state index is 13.4. The van der Waals surface area contributed by atoms with Gasteiger partial charge in [0.25, 0.3) is 5.69 Å². The highest BCUT2D eigenvalue weighted by atomic mass is 32.2. The molecule has 0 saturated carbocycles. The number of rotatable bonds is 3. The van der Waals surface area contributed by atoms with Crippen LogP contribution in [0.2, 0.25) is 0 Å². The highest BCUT2D eigenvalue weighted by Gasteiger charge is 2.25. The summed E-state index contributed by atoms with van der Waals surface area (Å²) in [6.07, 6.45) is 1.66. The molecule has 1 fully saturated rings. The largest absolute Gasteiger partial charge is 0.365 e. The van der Waals surface area contributed by atoms with Crippen LogP contribution in [0.4, 0.5) is 15.8 Å². The second-order valence-electron chi connectivity index (χ2n) is 4.89. The molecule has 0 radical (unpaired) electrons. The summed E-state index contributed by atoms with van der Waals surface area (Å²) in [5.41, 5.74) is 0.0135. The molecule has 9 heteroatoms. The van der Waals surface area contributed by atoms with Gasteiger partial charge >= 0.3 is 0 Å². The van der Waals surface area contributed by atoms with Gasteiger partial charge in [0.2, 0.25) is 10.0 Å². The first-order chi connectivity index (χ1) is 9.79. The van der Waals surface area contributed by atoms with Crippen molar-refractivity contribution < 1.29 is 17.7 Å². The summed E-state index contributed by atoms with van der Waals surface area (Å²) in [6.45, 7) is 1.32. The van der Waals surface area contributed by atoms with E-state index in [9.17, 15) is 22.9 Å². The zero-order valence-electron chi connectivity index (χ0n) is 11.5. The fraction of sp³-hybridized carbons (Fsp3) is 0.500. The molecule has 0 aliphatic carbocycles. The molecule has 0 atom stereocenters. The van der Waals surface area contributed by atoms with Gasteiger partial charge in [-0.05, 0) is 12.5 Å². The fourth-order valence-electron chi connectivity index (χ4n) is 2.37. The van der Waals surface area contributed by atoms with Crippen molar-refractivity contribution in [1.82, 2.24) is 4.31 Å². The Morgan fingerprint density at radius 3 is 2.57 bits per heavy atom. The third-order valence-corrected chi connectivity index (χ3v) is 4.70. The zero-order valence-corrected chi connectivity index (χ0v) is 12.3. The molecule has 0 amide bonds. The Balaban J connectivity index is 2.27. The monoisotopic (exact) mass is 317 g/mol. The van der Waals surface area contributed by atoms with E-state index >= 15 is 0 Å². The molecule has 1 aliphatic rings. The van der Waals surface area contributed by atoms with Crippen LogP contribution in [0.15, 0.2) is 18.2 Å². The Hall–Kier alpha value is -1.74. The van der Waals surface area contributed by atoms with E-state index in [1.54, 1.807) is 4.90 Å². The van der Waals surface area contributed by atoms with Crippen LogP contribution < -0.4 is 4.90 Å². The van der Waals surface area contributed by atoms with Gasteiger partial charge in [-0.1, -0.05) is 0 Å². The van der Waals surface area contributed by atoms with E-state index in [0.717, 1.165) is 24.5 Å². The van der Waals surface area contributed by atoms with E-state index in [2.05, 4.69) is 0 Å². The van der Waals surface area contributed by atoms with Crippen molar-refractivity contribution in [3.05, 3.63) is 34.1 Å². The lowest BCUT2D eigenvalue weighted by Crippen LogP contribution is -2.34. The van der Waals surface area contributed by atoms with Gasteiger partial charge in [0.15, 0.2) is 0 Å². The molecular weight excluding hydrogens is 301 g/mol. The molecule has 1 aliphatic heterocycles. The van der Waals surface area contributed by atoms with Gasteiger partial charge in [-0.25, -0.2) is 17.1 Å². The van der Waals surface area contributed by atoms with Crippen LogP contribution in [-0.4, -0.2) is 50.1 Å². The number of anilines is 1. The lowest BCUT2D eigenvalue weighted by Gasteiger charge is -2.22. The quantitative estimate of drug-likeness (QED) is 0.618. The van der Waals surface area contributed by atoms with Crippen LogP contribution >= 0.6 is 0 Å². The first kappa shape index (κ1) is 15.6. The van der Waals surface area contributed by atoms with E-state index in [-0.39, 0.29) is 24.5 Å². The Morgan fingerprint density at radius 1 is 1.24 bits per heavy atom. The number of nitrogens with zero attached hydrogens (tertiary/aromatic N) is 3. The summed E-state index contributed by atoms with van der Waals surface area (Å²) >= 11 is 0. The topological polar surface area (TPSA) is 83.8 Å². The molecule has 0 spiro atoms. The second kappa shape index (κ2) is 5.94. The van der Waals surface area contributed by atoms with Crippen molar-refractivity contribution in [2.45, 2.75) is 6.42 Å². The fourth-order valence-corrected chi connectivity index (χ4v) is 3.24. The number of nitro groups is 1. The number of sulfonamides is 1. The maximum atomic E-state index is 13.4. The molecule has 0 N–H and O–H groups in total. The summed E-state index contributed by atoms with van der Waals surface area (Å²) in [5, 5.41) is 11.0. The van der Waals surface area contributed by atoms with Crippen LogP contribution in [0.3, 0.4) is 0 Å². The average molecular weight is 317 g/mol. The molecule has 0 aromatic heterocycles. The molecule has 1 aromatic rings. The van der Waals surface area contributed by atoms with Gasteiger partial charge in [-0.3, -0.25) is 10.1 Å². The first-order valence-corrected chi connectivity index (χ1v) is 8.28. The predicted molar refractivity (Wildman–Crippen MR) is 76.3 cm³/mol. The van der Waals surface area contributed by atoms with Crippen LogP contribution in [0.1, 0.15) is 6.42 Å². The number of hydrogen-bond acceptors (Lipinski definition) is 5. The normalized spacial score (nSPS) is 17.5. The maximum Gasteiger partial charge on any atom is 0.292 e. The summed E-state index contributed by atoms with van der Waals surface area (Å²) in [7, 11) is -3.29. The van der Waals surface area contributed by atoms with Gasteiger partial charge in [-0.2, -0.15) is 0 Å². The minimum Gasteiger partial charge on any atom is -0.365 e. The molecular formula is C12H16FN3O4S. The number of hydrogen-bond donors (Lipinski definition) is 0. The molecule has 7 nitrogen and oxygen atoms in total. The summed E-state index contributed by atoms with van der Waals surface area (Å²) in [6, 6.07) is 3.29. The SMILES string of the molecule is CS(=O)(=O)N1CCCN(c2cc(F)ccc2[N+](=O)[O-])CC1. The van der Waals surface area contributed by atoms with Crippen molar-refractivity contribution in [1.29, 1.82) is 0 Å². The molecule has 21 heavy (non-hydrogen) atoms. The molecule has 116 valence electrons. The van der Waals surface area contributed by atoms with Crippen molar-refractivity contribution in [2.24, 2.45) is 0 Å². The lowest BCUT2D eigenvalue weighted by molar-refractivity contribution is -0.384. The number of benzene rings is 1. The van der Waals surface area contributed by atoms with Crippen LogP contribution in [0.5, 0.6) is 0 Å². The predicted octanol–water partition coefficient (Wildman–Crippen LogP) is 1.21. The standard InChI is InChI=1S/C12H16FN3O4S/c1-21(19,20)15-6-2-5-14(7-8-15)12-9-10(13)3-4-11(12)16(17)18/h3-4,9H,2,5-8H2,1H3. The minimum absolute atomic E-state index is 0.177. The van der Waals surface area contributed by atoms with Crippen LogP contribution in [0.25, 0.3) is 0 Å². The Bertz CT molecular complexity index is 650. The van der Waals surface area contributed by atoms with E-state index < -0.39 is 20.8 Å². The summed E-state index contributed by atoms with van der Waals surface area (Å²) < 4.78 is 37.8. The highest BCUT2D eigenvalue weighted by Crippen LogP contribution is 2.29. The van der Waals surface area contributed by atoms with Gasteiger partial charge < -0.3 is 4.90 Å². The van der Waals surface area contributed by atoms with Crippen LogP contribution in [-0.2, 0) is 10.0 Å². The van der Waals surface area contributed by atoms with Gasteiger partial charge in [-0.15, -0.1) is 0 Å². The van der Waals surface area contributed by atoms with Gasteiger partial charge in [0.1, 0.15) is 11.5 Å². The van der Waals surface area contributed by atoms with E-state index in [0.29, 0.717) is 19.5 Å². The number of halogens is 1. The molecule has 0 unspecified atom stereocenters.